The van der Waals surface area contributed by atoms with Crippen molar-refractivity contribution in [2.75, 3.05) is 6.61 Å². The van der Waals surface area contributed by atoms with Crippen LogP contribution >= 0.6 is 0 Å². The second-order valence-electron chi connectivity index (χ2n) is 7.53. The minimum absolute atomic E-state index is 0.122. The van der Waals surface area contributed by atoms with Crippen molar-refractivity contribution in [3.8, 4) is 5.75 Å². The summed E-state index contributed by atoms with van der Waals surface area (Å²) in [6.07, 6.45) is 13.5. The van der Waals surface area contributed by atoms with E-state index >= 15 is 0 Å². The molecule has 0 unspecified atom stereocenters. The summed E-state index contributed by atoms with van der Waals surface area (Å²) in [6.45, 7) is 1.38. The predicted octanol–water partition coefficient (Wildman–Crippen LogP) is 4.69. The molecule has 1 heterocycles. The number of aliphatic carboxylic acids is 1. The van der Waals surface area contributed by atoms with E-state index in [1.165, 1.54) is 38.5 Å². The molecular formula is C22H30N2O3. The molecule has 0 atom stereocenters. The maximum absolute atomic E-state index is 10.9. The number of hydrogen-bond acceptors (Lipinski definition) is 3. The topological polar surface area (TPSA) is 64.3 Å². The van der Waals surface area contributed by atoms with Crippen LogP contribution in [-0.4, -0.2) is 27.5 Å². The summed E-state index contributed by atoms with van der Waals surface area (Å²) in [4.78, 5) is 10.9. The minimum Gasteiger partial charge on any atom is -0.493 e. The van der Waals surface area contributed by atoms with Crippen molar-refractivity contribution >= 4 is 5.97 Å². The number of hydrogen-bond donors (Lipinski definition) is 1. The second kappa shape index (κ2) is 10.1. The Hall–Kier alpha value is -2.30. The highest BCUT2D eigenvalue weighted by atomic mass is 16.5. The molecule has 2 aromatic rings. The molecule has 1 aliphatic carbocycles. The average Bonchev–Trinajstić information content (AvgIpc) is 3.18. The first kappa shape index (κ1) is 19.5. The molecule has 1 aliphatic rings. The fourth-order valence-corrected chi connectivity index (χ4v) is 3.89. The molecule has 3 rings (SSSR count). The number of benzene rings is 1. The van der Waals surface area contributed by atoms with Crippen molar-refractivity contribution < 1.29 is 14.6 Å². The van der Waals surface area contributed by atoms with E-state index in [1.54, 1.807) is 6.20 Å². The van der Waals surface area contributed by atoms with E-state index in [4.69, 9.17) is 9.84 Å². The van der Waals surface area contributed by atoms with E-state index in [0.29, 0.717) is 19.6 Å². The van der Waals surface area contributed by atoms with Gasteiger partial charge in [-0.2, -0.15) is 5.10 Å². The fourth-order valence-electron chi connectivity index (χ4n) is 3.89. The largest absolute Gasteiger partial charge is 0.493 e. The molecule has 1 aromatic heterocycles. The normalized spacial score (nSPS) is 15.0. The summed E-state index contributed by atoms with van der Waals surface area (Å²) >= 11 is 0. The van der Waals surface area contributed by atoms with Crippen LogP contribution in [0.2, 0.25) is 0 Å². The molecule has 0 bridgehead atoms. The maximum atomic E-state index is 10.9. The third-order valence-corrected chi connectivity index (χ3v) is 5.38. The van der Waals surface area contributed by atoms with Crippen LogP contribution in [0.25, 0.3) is 0 Å². The van der Waals surface area contributed by atoms with Gasteiger partial charge in [-0.15, -0.1) is 0 Å². The van der Waals surface area contributed by atoms with E-state index in [1.807, 2.05) is 35.1 Å². The summed E-state index contributed by atoms with van der Waals surface area (Å²) in [5.41, 5.74) is 2.08. The molecule has 0 amide bonds. The molecule has 1 fully saturated rings. The van der Waals surface area contributed by atoms with Crippen LogP contribution in [0.4, 0.5) is 0 Å². The highest BCUT2D eigenvalue weighted by molar-refractivity contribution is 5.67. The Morgan fingerprint density at radius 1 is 1.26 bits per heavy atom. The van der Waals surface area contributed by atoms with Gasteiger partial charge in [0.15, 0.2) is 0 Å². The minimum atomic E-state index is -0.779. The van der Waals surface area contributed by atoms with Crippen molar-refractivity contribution in [2.45, 2.75) is 64.3 Å². The van der Waals surface area contributed by atoms with Crippen molar-refractivity contribution in [1.82, 2.24) is 9.78 Å². The molecule has 5 heteroatoms. The number of aryl methyl sites for hydroxylation is 1. The van der Waals surface area contributed by atoms with Crippen LogP contribution in [0.1, 0.15) is 62.5 Å². The van der Waals surface area contributed by atoms with Gasteiger partial charge in [0.05, 0.1) is 13.2 Å². The van der Waals surface area contributed by atoms with Crippen LogP contribution < -0.4 is 4.74 Å². The van der Waals surface area contributed by atoms with Gasteiger partial charge in [-0.05, 0) is 48.4 Å². The van der Waals surface area contributed by atoms with Gasteiger partial charge in [-0.25, -0.2) is 0 Å². The second-order valence-corrected chi connectivity index (χ2v) is 7.53. The molecule has 146 valence electrons. The lowest BCUT2D eigenvalue weighted by Gasteiger charge is -2.21. The number of carboxylic acids is 1. The average molecular weight is 370 g/mol. The van der Waals surface area contributed by atoms with Gasteiger partial charge in [0.2, 0.25) is 0 Å². The number of nitrogens with zero attached hydrogens (tertiary/aromatic N) is 2. The first-order valence-electron chi connectivity index (χ1n) is 10.1. The lowest BCUT2D eigenvalue weighted by Crippen LogP contribution is -2.09. The third-order valence-electron chi connectivity index (χ3n) is 5.38. The first-order valence-corrected chi connectivity index (χ1v) is 10.1. The van der Waals surface area contributed by atoms with Gasteiger partial charge >= 0.3 is 5.97 Å². The molecule has 1 saturated carbocycles. The van der Waals surface area contributed by atoms with Gasteiger partial charge in [-0.3, -0.25) is 9.48 Å². The monoisotopic (exact) mass is 370 g/mol. The molecule has 0 radical (unpaired) electrons. The Labute approximate surface area is 161 Å². The Bertz CT molecular complexity index is 706. The lowest BCUT2D eigenvalue weighted by molar-refractivity contribution is -0.136. The van der Waals surface area contributed by atoms with E-state index in [0.717, 1.165) is 29.2 Å². The number of carboxylic acid groups (broad SMARTS) is 1. The molecule has 0 saturated heterocycles. The highest BCUT2D eigenvalue weighted by Gasteiger charge is 2.13. The Kier molecular flexibility index (Phi) is 7.31. The SMILES string of the molecule is O=C(O)CCc1ccc(Cn2cccn2)cc1OCCCC1CCCCC1. The van der Waals surface area contributed by atoms with Crippen LogP contribution in [0.15, 0.2) is 36.7 Å². The van der Waals surface area contributed by atoms with Gasteiger partial charge in [-0.1, -0.05) is 44.2 Å². The maximum Gasteiger partial charge on any atom is 0.303 e. The van der Waals surface area contributed by atoms with Crippen molar-refractivity contribution in [1.29, 1.82) is 0 Å². The highest BCUT2D eigenvalue weighted by Crippen LogP contribution is 2.28. The summed E-state index contributed by atoms with van der Waals surface area (Å²) < 4.78 is 7.97. The van der Waals surface area contributed by atoms with Gasteiger partial charge in [0.1, 0.15) is 5.75 Å². The van der Waals surface area contributed by atoms with Gasteiger partial charge < -0.3 is 9.84 Å². The summed E-state index contributed by atoms with van der Waals surface area (Å²) in [5.74, 6) is 0.906. The smallest absolute Gasteiger partial charge is 0.303 e. The van der Waals surface area contributed by atoms with Gasteiger partial charge in [0, 0.05) is 18.8 Å². The molecule has 0 aliphatic heterocycles. The molecule has 1 N–H and O–H groups in total. The van der Waals surface area contributed by atoms with E-state index in [9.17, 15) is 4.79 Å². The Morgan fingerprint density at radius 2 is 2.11 bits per heavy atom. The zero-order valence-electron chi connectivity index (χ0n) is 16.0. The lowest BCUT2D eigenvalue weighted by atomic mass is 9.86. The quantitative estimate of drug-likeness (QED) is 0.616. The Balaban J connectivity index is 1.58. The molecule has 1 aromatic carbocycles. The van der Waals surface area contributed by atoms with Crippen LogP contribution in [0.3, 0.4) is 0 Å². The summed E-state index contributed by atoms with van der Waals surface area (Å²) in [5, 5.41) is 13.2. The number of carbonyl (C=O) groups is 1. The van der Waals surface area contributed by atoms with E-state index < -0.39 is 5.97 Å². The fraction of sp³-hybridized carbons (Fsp3) is 0.545. The van der Waals surface area contributed by atoms with Crippen LogP contribution in [0, 0.1) is 5.92 Å². The van der Waals surface area contributed by atoms with Crippen molar-refractivity contribution in [3.05, 3.63) is 47.8 Å². The molecule has 27 heavy (non-hydrogen) atoms. The molecule has 0 spiro atoms. The van der Waals surface area contributed by atoms with E-state index in [2.05, 4.69) is 5.10 Å². The Morgan fingerprint density at radius 3 is 2.85 bits per heavy atom. The third kappa shape index (κ3) is 6.42. The van der Waals surface area contributed by atoms with Crippen LogP contribution in [-0.2, 0) is 17.8 Å². The van der Waals surface area contributed by atoms with Crippen LogP contribution in [0.5, 0.6) is 5.75 Å². The zero-order chi connectivity index (χ0) is 18.9. The number of rotatable bonds is 10. The van der Waals surface area contributed by atoms with Crippen molar-refractivity contribution in [3.63, 3.8) is 0 Å². The zero-order valence-corrected chi connectivity index (χ0v) is 16.0. The van der Waals surface area contributed by atoms with Gasteiger partial charge in [0.25, 0.3) is 0 Å². The molecular weight excluding hydrogens is 340 g/mol. The molecule has 5 nitrogen and oxygen atoms in total. The number of aromatic nitrogens is 2. The van der Waals surface area contributed by atoms with Crippen molar-refractivity contribution in [2.24, 2.45) is 5.92 Å². The standard InChI is InChI=1S/C22H30N2O3/c25-22(26)12-11-20-10-9-19(17-24-14-5-13-23-24)16-21(20)27-15-4-8-18-6-2-1-3-7-18/h5,9-10,13-14,16,18H,1-4,6-8,11-12,15,17H2,(H,25,26). The summed E-state index contributed by atoms with van der Waals surface area (Å²) in [7, 11) is 0. The summed E-state index contributed by atoms with van der Waals surface area (Å²) in [6, 6.07) is 7.98. The predicted molar refractivity (Wildman–Crippen MR) is 105 cm³/mol. The first-order chi connectivity index (χ1) is 13.2. The van der Waals surface area contributed by atoms with E-state index in [-0.39, 0.29) is 6.42 Å². The number of ether oxygens (including phenoxy) is 1.